The molecular weight excluding hydrogens is 441 g/mol. The molecule has 0 radical (unpaired) electrons. The molecule has 2 N–H and O–H groups in total. The number of aromatic nitrogens is 3. The molecule has 8 nitrogen and oxygen atoms in total. The van der Waals surface area contributed by atoms with E-state index >= 15 is 0 Å². The summed E-state index contributed by atoms with van der Waals surface area (Å²) >= 11 is 0. The fourth-order valence-corrected chi connectivity index (χ4v) is 3.66. The molecule has 178 valence electrons. The summed E-state index contributed by atoms with van der Waals surface area (Å²) in [5, 5.41) is 26.8. The summed E-state index contributed by atoms with van der Waals surface area (Å²) in [6.45, 7) is 3.00. The summed E-state index contributed by atoms with van der Waals surface area (Å²) in [6.07, 6.45) is -1.12. The van der Waals surface area contributed by atoms with Crippen molar-refractivity contribution < 1.29 is 32.9 Å². The van der Waals surface area contributed by atoms with E-state index in [9.17, 15) is 13.2 Å². The highest BCUT2D eigenvalue weighted by molar-refractivity contribution is 5.84. The molecular formula is C22H25F3N4O4. The van der Waals surface area contributed by atoms with Gasteiger partial charge < -0.3 is 14.9 Å². The largest absolute Gasteiger partial charge is 0.497 e. The number of alkyl halides is 3. The van der Waals surface area contributed by atoms with E-state index in [1.807, 2.05) is 16.9 Å². The van der Waals surface area contributed by atoms with E-state index in [-0.39, 0.29) is 6.61 Å². The van der Waals surface area contributed by atoms with Gasteiger partial charge in [0, 0.05) is 19.6 Å². The third-order valence-corrected chi connectivity index (χ3v) is 5.41. The molecule has 0 spiro atoms. The lowest BCUT2D eigenvalue weighted by Crippen LogP contribution is -2.34. The van der Waals surface area contributed by atoms with E-state index in [2.05, 4.69) is 45.5 Å². The van der Waals surface area contributed by atoms with Gasteiger partial charge in [-0.1, -0.05) is 23.4 Å². The van der Waals surface area contributed by atoms with Crippen LogP contribution in [0.3, 0.4) is 0 Å². The number of carbonyl (C=O) groups is 1. The van der Waals surface area contributed by atoms with Crippen LogP contribution in [0.4, 0.5) is 13.2 Å². The molecule has 1 aromatic heterocycles. The minimum atomic E-state index is -5.08. The first-order valence-corrected chi connectivity index (χ1v) is 10.3. The van der Waals surface area contributed by atoms with Gasteiger partial charge in [0.1, 0.15) is 11.4 Å². The van der Waals surface area contributed by atoms with Crippen molar-refractivity contribution in [3.05, 3.63) is 53.9 Å². The summed E-state index contributed by atoms with van der Waals surface area (Å²) < 4.78 is 38.9. The van der Waals surface area contributed by atoms with E-state index in [1.54, 1.807) is 7.11 Å². The average Bonchev–Trinajstić information content (AvgIpc) is 3.28. The van der Waals surface area contributed by atoms with Gasteiger partial charge in [-0.25, -0.2) is 9.48 Å². The van der Waals surface area contributed by atoms with Crippen LogP contribution in [-0.4, -0.2) is 62.5 Å². The predicted octanol–water partition coefficient (Wildman–Crippen LogP) is 3.40. The maximum Gasteiger partial charge on any atom is 0.490 e. The summed E-state index contributed by atoms with van der Waals surface area (Å²) in [5.74, 6) is -1.86. The monoisotopic (exact) mass is 466 g/mol. The lowest BCUT2D eigenvalue weighted by Gasteiger charge is -2.31. The second-order valence-electron chi connectivity index (χ2n) is 7.71. The Kier molecular flexibility index (Phi) is 7.88. The Morgan fingerprint density at radius 2 is 1.79 bits per heavy atom. The van der Waals surface area contributed by atoms with Gasteiger partial charge in [-0.2, -0.15) is 13.2 Å². The van der Waals surface area contributed by atoms with Gasteiger partial charge in [0.25, 0.3) is 0 Å². The number of aliphatic hydroxyl groups excluding tert-OH is 1. The molecule has 0 amide bonds. The molecule has 0 unspecified atom stereocenters. The molecule has 1 aliphatic rings. The van der Waals surface area contributed by atoms with Crippen LogP contribution < -0.4 is 4.74 Å². The van der Waals surface area contributed by atoms with Crippen LogP contribution in [0, 0.1) is 0 Å². The first kappa shape index (κ1) is 24.5. The predicted molar refractivity (Wildman–Crippen MR) is 114 cm³/mol. The smallest absolute Gasteiger partial charge is 0.490 e. The molecule has 11 heteroatoms. The van der Waals surface area contributed by atoms with Gasteiger partial charge in [-0.05, 0) is 47.4 Å². The number of aliphatic carboxylic acids is 1. The highest BCUT2D eigenvalue weighted by Crippen LogP contribution is 2.25. The van der Waals surface area contributed by atoms with Crippen molar-refractivity contribution in [3.63, 3.8) is 0 Å². The van der Waals surface area contributed by atoms with Crippen molar-refractivity contribution in [2.75, 3.05) is 20.2 Å². The molecule has 2 heterocycles. The van der Waals surface area contributed by atoms with Crippen molar-refractivity contribution in [2.24, 2.45) is 0 Å². The molecule has 0 saturated carbocycles. The number of hydrogen-bond acceptors (Lipinski definition) is 6. The molecule has 0 aliphatic carbocycles. The lowest BCUT2D eigenvalue weighted by atomic mass is 10.0. The molecule has 1 saturated heterocycles. The number of methoxy groups -OCH3 is 1. The number of rotatable bonds is 5. The molecule has 2 aromatic carbocycles. The van der Waals surface area contributed by atoms with Crippen LogP contribution in [0.5, 0.6) is 5.75 Å². The zero-order chi connectivity index (χ0) is 24.0. The number of piperidine rings is 1. The highest BCUT2D eigenvalue weighted by Gasteiger charge is 2.38. The highest BCUT2D eigenvalue weighted by atomic mass is 19.4. The fraction of sp³-hybridized carbons (Fsp3) is 0.409. The molecule has 3 aromatic rings. The van der Waals surface area contributed by atoms with Crippen molar-refractivity contribution in [1.29, 1.82) is 0 Å². The van der Waals surface area contributed by atoms with Crippen LogP contribution in [0.25, 0.3) is 10.8 Å². The maximum atomic E-state index is 10.6. The minimum Gasteiger partial charge on any atom is -0.497 e. The number of carboxylic acid groups (broad SMARTS) is 1. The Labute approximate surface area is 188 Å². The second kappa shape index (κ2) is 10.6. The average molecular weight is 466 g/mol. The van der Waals surface area contributed by atoms with E-state index in [1.165, 1.54) is 16.3 Å². The summed E-state index contributed by atoms with van der Waals surface area (Å²) in [6, 6.07) is 13.2. The summed E-state index contributed by atoms with van der Waals surface area (Å²) in [4.78, 5) is 11.4. The van der Waals surface area contributed by atoms with Crippen LogP contribution in [0.2, 0.25) is 0 Å². The number of ether oxygens (including phenoxy) is 1. The first-order valence-electron chi connectivity index (χ1n) is 10.3. The van der Waals surface area contributed by atoms with Gasteiger partial charge >= 0.3 is 12.1 Å². The van der Waals surface area contributed by atoms with E-state index < -0.39 is 12.1 Å². The van der Waals surface area contributed by atoms with Crippen molar-refractivity contribution in [3.8, 4) is 5.75 Å². The number of likely N-dealkylation sites (tertiary alicyclic amines) is 1. The number of halogens is 3. The van der Waals surface area contributed by atoms with Crippen LogP contribution in [0.1, 0.15) is 30.1 Å². The fourth-order valence-electron chi connectivity index (χ4n) is 3.66. The van der Waals surface area contributed by atoms with Gasteiger partial charge in [0.2, 0.25) is 0 Å². The summed E-state index contributed by atoms with van der Waals surface area (Å²) in [7, 11) is 1.70. The van der Waals surface area contributed by atoms with Crippen molar-refractivity contribution >= 4 is 16.7 Å². The van der Waals surface area contributed by atoms with Crippen LogP contribution >= 0.6 is 0 Å². The molecule has 0 atom stereocenters. The zero-order valence-electron chi connectivity index (χ0n) is 18.0. The Balaban J connectivity index is 0.000000383. The Morgan fingerprint density at radius 3 is 2.36 bits per heavy atom. The van der Waals surface area contributed by atoms with Crippen LogP contribution in [-0.2, 0) is 17.9 Å². The maximum absolute atomic E-state index is 10.6. The van der Waals surface area contributed by atoms with Gasteiger partial charge in [-0.3, -0.25) is 4.90 Å². The standard InChI is InChI=1S/C20H24N4O2.C2HF3O2/c1-26-20-5-4-16-10-15(2-3-17(16)11-20)12-23-8-6-19(7-9-23)24-13-18(14-25)21-22-24;3-2(4,5)1(6)7/h2-5,10-11,13,19,25H,6-9,12,14H2,1H3;(H,6,7). The van der Waals surface area contributed by atoms with Gasteiger partial charge in [0.15, 0.2) is 0 Å². The minimum absolute atomic E-state index is 0.0489. The third kappa shape index (κ3) is 6.65. The number of nitrogens with zero attached hydrogens (tertiary/aromatic N) is 4. The number of hydrogen-bond donors (Lipinski definition) is 2. The van der Waals surface area contributed by atoms with E-state index in [0.29, 0.717) is 11.7 Å². The molecule has 1 fully saturated rings. The van der Waals surface area contributed by atoms with Gasteiger partial charge in [-0.15, -0.1) is 5.10 Å². The lowest BCUT2D eigenvalue weighted by molar-refractivity contribution is -0.192. The zero-order valence-corrected chi connectivity index (χ0v) is 18.0. The number of benzene rings is 2. The topological polar surface area (TPSA) is 101 Å². The number of aliphatic hydroxyl groups is 1. The summed E-state index contributed by atoms with van der Waals surface area (Å²) in [5.41, 5.74) is 1.98. The Morgan fingerprint density at radius 1 is 1.15 bits per heavy atom. The molecule has 1 aliphatic heterocycles. The van der Waals surface area contributed by atoms with E-state index in [0.717, 1.165) is 38.2 Å². The molecule has 4 rings (SSSR count). The second-order valence-corrected chi connectivity index (χ2v) is 7.71. The van der Waals surface area contributed by atoms with E-state index in [4.69, 9.17) is 19.7 Å². The van der Waals surface area contributed by atoms with Gasteiger partial charge in [0.05, 0.1) is 26.0 Å². The quantitative estimate of drug-likeness (QED) is 0.594. The number of carboxylic acids is 1. The Bertz CT molecular complexity index is 1080. The van der Waals surface area contributed by atoms with Crippen molar-refractivity contribution in [1.82, 2.24) is 19.9 Å². The SMILES string of the molecule is COc1ccc2cc(CN3CCC(n4cc(CO)nn4)CC3)ccc2c1.O=C(O)C(F)(F)F. The molecule has 33 heavy (non-hydrogen) atoms. The third-order valence-electron chi connectivity index (χ3n) is 5.41. The van der Waals surface area contributed by atoms with Crippen molar-refractivity contribution in [2.45, 2.75) is 38.2 Å². The first-order chi connectivity index (χ1) is 15.7. The number of fused-ring (bicyclic) bond motifs is 1. The Hall–Kier alpha value is -3.18. The normalized spacial score (nSPS) is 15.2. The van der Waals surface area contributed by atoms with Crippen LogP contribution in [0.15, 0.2) is 42.6 Å². The molecule has 0 bridgehead atoms.